The van der Waals surface area contributed by atoms with Crippen molar-refractivity contribution in [3.05, 3.63) is 35.4 Å². The van der Waals surface area contributed by atoms with Gasteiger partial charge < -0.3 is 5.73 Å². The van der Waals surface area contributed by atoms with E-state index in [4.69, 9.17) is 5.73 Å². The van der Waals surface area contributed by atoms with Gasteiger partial charge in [0.1, 0.15) is 0 Å². The smallest absolute Gasteiger partial charge is 0.223 e. The van der Waals surface area contributed by atoms with Gasteiger partial charge in [-0.05, 0) is 30.4 Å². The fourth-order valence-electron chi connectivity index (χ4n) is 2.10. The number of hydrogen-bond acceptors (Lipinski definition) is 1. The summed E-state index contributed by atoms with van der Waals surface area (Å²) in [5.41, 5.74) is 7.73. The van der Waals surface area contributed by atoms with Crippen molar-refractivity contribution in [3.8, 4) is 0 Å². The maximum absolute atomic E-state index is 11.3. The van der Waals surface area contributed by atoms with E-state index < -0.39 is 0 Å². The highest BCUT2D eigenvalue weighted by atomic mass is 16.1. The molecule has 1 unspecified atom stereocenters. The molecule has 0 spiro atoms. The number of primary amides is 1. The van der Waals surface area contributed by atoms with Crippen molar-refractivity contribution in [1.82, 2.24) is 0 Å². The molecular formula is C12H15NO. The Labute approximate surface area is 84.1 Å². The Morgan fingerprint density at radius 3 is 2.64 bits per heavy atom. The molecule has 0 fully saturated rings. The highest BCUT2D eigenvalue weighted by Crippen LogP contribution is 2.34. The predicted molar refractivity (Wildman–Crippen MR) is 55.8 cm³/mol. The third kappa shape index (κ3) is 1.41. The van der Waals surface area contributed by atoms with Crippen LogP contribution in [0.4, 0.5) is 0 Å². The Kier molecular flexibility index (Phi) is 2.06. The van der Waals surface area contributed by atoms with Crippen LogP contribution in [0, 0.1) is 5.41 Å². The Bertz CT molecular complexity index is 372. The van der Waals surface area contributed by atoms with Crippen LogP contribution in [0.2, 0.25) is 0 Å². The molecule has 14 heavy (non-hydrogen) atoms. The minimum absolute atomic E-state index is 0.174. The zero-order valence-corrected chi connectivity index (χ0v) is 8.42. The Hall–Kier alpha value is -1.31. The minimum atomic E-state index is -0.339. The molecule has 2 nitrogen and oxygen atoms in total. The van der Waals surface area contributed by atoms with Crippen molar-refractivity contribution in [1.29, 1.82) is 0 Å². The van der Waals surface area contributed by atoms with E-state index in [9.17, 15) is 4.79 Å². The second-order valence-electron chi connectivity index (χ2n) is 4.37. The monoisotopic (exact) mass is 189 g/mol. The molecule has 0 saturated heterocycles. The van der Waals surface area contributed by atoms with Crippen LogP contribution in [0.5, 0.6) is 0 Å². The van der Waals surface area contributed by atoms with Crippen LogP contribution in [0.3, 0.4) is 0 Å². The number of carbonyl (C=O) groups is 1. The van der Waals surface area contributed by atoms with Crippen LogP contribution < -0.4 is 5.73 Å². The number of carbonyl (C=O) groups excluding carboxylic acids is 1. The van der Waals surface area contributed by atoms with Crippen molar-refractivity contribution < 1.29 is 4.79 Å². The van der Waals surface area contributed by atoms with Gasteiger partial charge in [0.25, 0.3) is 0 Å². The van der Waals surface area contributed by atoms with E-state index in [2.05, 4.69) is 12.1 Å². The molecule has 1 amide bonds. The molecule has 1 aliphatic carbocycles. The highest BCUT2D eigenvalue weighted by molar-refractivity contribution is 5.81. The van der Waals surface area contributed by atoms with E-state index in [0.29, 0.717) is 0 Å². The molecule has 74 valence electrons. The molecule has 2 heteroatoms. The van der Waals surface area contributed by atoms with Crippen LogP contribution in [-0.4, -0.2) is 5.91 Å². The molecule has 2 N–H and O–H groups in total. The zero-order chi connectivity index (χ0) is 10.2. The summed E-state index contributed by atoms with van der Waals surface area (Å²) < 4.78 is 0. The van der Waals surface area contributed by atoms with Gasteiger partial charge in [-0.25, -0.2) is 0 Å². The van der Waals surface area contributed by atoms with Gasteiger partial charge in [0, 0.05) is 0 Å². The zero-order valence-electron chi connectivity index (χ0n) is 8.42. The van der Waals surface area contributed by atoms with E-state index >= 15 is 0 Å². The average molecular weight is 189 g/mol. The highest BCUT2D eigenvalue weighted by Gasteiger charge is 2.34. The van der Waals surface area contributed by atoms with Crippen LogP contribution in [0.15, 0.2) is 24.3 Å². The van der Waals surface area contributed by atoms with Gasteiger partial charge in [-0.15, -0.1) is 0 Å². The van der Waals surface area contributed by atoms with E-state index in [-0.39, 0.29) is 11.3 Å². The fraction of sp³-hybridized carbons (Fsp3) is 0.417. The summed E-state index contributed by atoms with van der Waals surface area (Å²) in [4.78, 5) is 11.3. The summed E-state index contributed by atoms with van der Waals surface area (Å²) in [6.45, 7) is 1.96. The molecule has 1 aromatic rings. The Balaban J connectivity index is 2.34. The van der Waals surface area contributed by atoms with Crippen LogP contribution in [0.25, 0.3) is 0 Å². The lowest BCUT2D eigenvalue weighted by molar-refractivity contribution is -0.127. The lowest BCUT2D eigenvalue weighted by Gasteiger charge is -2.31. The third-order valence-corrected chi connectivity index (χ3v) is 3.24. The maximum Gasteiger partial charge on any atom is 0.223 e. The molecular weight excluding hydrogens is 174 g/mol. The normalized spacial score (nSPS) is 25.5. The average Bonchev–Trinajstić information content (AvgIpc) is 2.17. The topological polar surface area (TPSA) is 43.1 Å². The largest absolute Gasteiger partial charge is 0.369 e. The summed E-state index contributed by atoms with van der Waals surface area (Å²) in [5.74, 6) is -0.174. The molecule has 1 aliphatic rings. The summed E-state index contributed by atoms with van der Waals surface area (Å²) in [6.07, 6.45) is 2.63. The standard InChI is InChI=1S/C12H15NO/c1-12(11(13)14)7-6-9-4-2-3-5-10(9)8-12/h2-5H,6-8H2,1H3,(H2,13,14). The van der Waals surface area contributed by atoms with Gasteiger partial charge in [0.15, 0.2) is 0 Å². The van der Waals surface area contributed by atoms with Crippen molar-refractivity contribution in [2.45, 2.75) is 26.2 Å². The van der Waals surface area contributed by atoms with Gasteiger partial charge >= 0.3 is 0 Å². The van der Waals surface area contributed by atoms with Gasteiger partial charge in [0.05, 0.1) is 5.41 Å². The predicted octanol–water partition coefficient (Wildman–Crippen LogP) is 1.67. The molecule has 0 saturated carbocycles. The molecule has 2 rings (SSSR count). The number of rotatable bonds is 1. The van der Waals surface area contributed by atoms with Crippen LogP contribution >= 0.6 is 0 Å². The van der Waals surface area contributed by atoms with Gasteiger partial charge in [-0.2, -0.15) is 0 Å². The van der Waals surface area contributed by atoms with Crippen molar-refractivity contribution in [2.75, 3.05) is 0 Å². The minimum Gasteiger partial charge on any atom is -0.369 e. The van der Waals surface area contributed by atoms with E-state index in [0.717, 1.165) is 19.3 Å². The van der Waals surface area contributed by atoms with E-state index in [1.165, 1.54) is 11.1 Å². The molecule has 1 atom stereocenters. The number of fused-ring (bicyclic) bond motifs is 1. The van der Waals surface area contributed by atoms with E-state index in [1.807, 2.05) is 19.1 Å². The quantitative estimate of drug-likeness (QED) is 0.717. The van der Waals surface area contributed by atoms with Crippen LogP contribution in [-0.2, 0) is 17.6 Å². The lowest BCUT2D eigenvalue weighted by atomic mass is 9.72. The first-order valence-corrected chi connectivity index (χ1v) is 4.98. The molecule has 0 aromatic heterocycles. The first-order chi connectivity index (χ1) is 6.62. The van der Waals surface area contributed by atoms with Crippen molar-refractivity contribution in [3.63, 3.8) is 0 Å². The maximum atomic E-state index is 11.3. The van der Waals surface area contributed by atoms with Crippen molar-refractivity contribution in [2.24, 2.45) is 11.1 Å². The second-order valence-corrected chi connectivity index (χ2v) is 4.37. The first-order valence-electron chi connectivity index (χ1n) is 4.98. The van der Waals surface area contributed by atoms with E-state index in [1.54, 1.807) is 0 Å². The molecule has 0 radical (unpaired) electrons. The number of nitrogens with two attached hydrogens (primary N) is 1. The van der Waals surface area contributed by atoms with Crippen molar-refractivity contribution >= 4 is 5.91 Å². The lowest BCUT2D eigenvalue weighted by Crippen LogP contribution is -2.39. The fourth-order valence-corrected chi connectivity index (χ4v) is 2.10. The summed E-state index contributed by atoms with van der Waals surface area (Å²) in [5, 5.41) is 0. The molecule has 0 aliphatic heterocycles. The number of aryl methyl sites for hydroxylation is 1. The first kappa shape index (κ1) is 9.25. The van der Waals surface area contributed by atoms with Gasteiger partial charge in [-0.1, -0.05) is 31.2 Å². The summed E-state index contributed by atoms with van der Waals surface area (Å²) in [6, 6.07) is 8.29. The molecule has 1 aromatic carbocycles. The van der Waals surface area contributed by atoms with Gasteiger partial charge in [-0.3, -0.25) is 4.79 Å². The summed E-state index contributed by atoms with van der Waals surface area (Å²) >= 11 is 0. The molecule has 0 bridgehead atoms. The SMILES string of the molecule is CC1(C(N)=O)CCc2ccccc2C1. The van der Waals surface area contributed by atoms with Crippen LogP contribution in [0.1, 0.15) is 24.5 Å². The number of benzene rings is 1. The third-order valence-electron chi connectivity index (χ3n) is 3.24. The summed E-state index contributed by atoms with van der Waals surface area (Å²) in [7, 11) is 0. The number of amides is 1. The Morgan fingerprint density at radius 1 is 1.36 bits per heavy atom. The Morgan fingerprint density at radius 2 is 2.00 bits per heavy atom. The van der Waals surface area contributed by atoms with Gasteiger partial charge in [0.2, 0.25) is 5.91 Å². The second kappa shape index (κ2) is 3.12. The molecule has 0 heterocycles. The number of hydrogen-bond donors (Lipinski definition) is 1.